The van der Waals surface area contributed by atoms with E-state index in [1.54, 1.807) is 0 Å². The minimum absolute atomic E-state index is 0. The highest BCUT2D eigenvalue weighted by Gasteiger charge is 2.05. The zero-order chi connectivity index (χ0) is 10.1. The van der Waals surface area contributed by atoms with Gasteiger partial charge in [0.1, 0.15) is 0 Å². The van der Waals surface area contributed by atoms with E-state index in [1.165, 1.54) is 0 Å². The monoisotopic (exact) mass is 222 g/mol. The Labute approximate surface area is 91.1 Å². The molecule has 0 aromatic rings. The molecule has 0 aromatic carbocycles. The summed E-state index contributed by atoms with van der Waals surface area (Å²) >= 11 is 0. The van der Waals surface area contributed by atoms with Gasteiger partial charge in [0.2, 0.25) is 0 Å². The molecule has 2 N–H and O–H groups in total. The number of unbranched alkanes of at least 4 members (excludes halogenated alkanes) is 1. The van der Waals surface area contributed by atoms with Crippen molar-refractivity contribution in [1.82, 2.24) is 0 Å². The first-order chi connectivity index (χ1) is 6.16. The zero-order valence-electron chi connectivity index (χ0n) is 7.36. The molecule has 0 fully saturated rings. The lowest BCUT2D eigenvalue weighted by molar-refractivity contribution is -0.147. The summed E-state index contributed by atoms with van der Waals surface area (Å²) < 4.78 is 4.68. The van der Waals surface area contributed by atoms with Gasteiger partial charge in [-0.2, -0.15) is 0 Å². The molecule has 0 heterocycles. The Morgan fingerprint density at radius 3 is 2.13 bits per heavy atom. The molecule has 0 aromatic heterocycles. The summed E-state index contributed by atoms with van der Waals surface area (Å²) in [4.78, 5) is 20.8. The maximum absolute atomic E-state index is 10.8. The van der Waals surface area contributed by atoms with Gasteiger partial charge in [0, 0.05) is 6.61 Å². The van der Waals surface area contributed by atoms with Gasteiger partial charge in [0.05, 0.1) is 19.4 Å². The summed E-state index contributed by atoms with van der Waals surface area (Å²) in [5, 5.41) is 16.6. The Bertz CT molecular complexity index is 167. The highest BCUT2D eigenvalue weighted by Crippen LogP contribution is 1.95. The third-order valence-electron chi connectivity index (χ3n) is 1.36. The molecule has 0 aliphatic rings. The molecule has 0 saturated heterocycles. The smallest absolute Gasteiger partial charge is 0.306 e. The highest BCUT2D eigenvalue weighted by molar-refractivity contribution is 5.76. The molecule has 0 aliphatic carbocycles. The number of aliphatic hydroxyl groups excluding tert-OH is 1. The Morgan fingerprint density at radius 2 is 1.67 bits per heavy atom. The standard InChI is InChI=1S/C8H14O5.2CH4/c9-5-1-2-6-13-8(12)4-3-7(10)11;;/h9H,1-6H2,(H,10,11);2*1H4. The van der Waals surface area contributed by atoms with Crippen LogP contribution in [0.4, 0.5) is 0 Å². The van der Waals surface area contributed by atoms with Crippen molar-refractivity contribution in [2.45, 2.75) is 40.5 Å². The van der Waals surface area contributed by atoms with E-state index in [0.29, 0.717) is 12.8 Å². The van der Waals surface area contributed by atoms with Gasteiger partial charge in [0.15, 0.2) is 0 Å². The Balaban J connectivity index is -0.000000720. The van der Waals surface area contributed by atoms with E-state index in [-0.39, 0.29) is 40.9 Å². The van der Waals surface area contributed by atoms with E-state index in [2.05, 4.69) is 4.74 Å². The fraction of sp³-hybridized carbons (Fsp3) is 0.800. The molecule has 15 heavy (non-hydrogen) atoms. The predicted molar refractivity (Wildman–Crippen MR) is 57.6 cm³/mol. The van der Waals surface area contributed by atoms with Crippen LogP contribution in [0.3, 0.4) is 0 Å². The van der Waals surface area contributed by atoms with Crippen molar-refractivity contribution in [3.63, 3.8) is 0 Å². The fourth-order valence-corrected chi connectivity index (χ4v) is 0.681. The Kier molecular flexibility index (Phi) is 16.7. The van der Waals surface area contributed by atoms with Crippen LogP contribution in [0.5, 0.6) is 0 Å². The van der Waals surface area contributed by atoms with Crippen LogP contribution >= 0.6 is 0 Å². The lowest BCUT2D eigenvalue weighted by Crippen LogP contribution is -2.08. The number of carboxylic acids is 1. The van der Waals surface area contributed by atoms with Crippen LogP contribution in [0.25, 0.3) is 0 Å². The molecule has 5 nitrogen and oxygen atoms in total. The van der Waals surface area contributed by atoms with Crippen LogP contribution in [0, 0.1) is 0 Å². The van der Waals surface area contributed by atoms with Crippen molar-refractivity contribution in [2.24, 2.45) is 0 Å². The number of rotatable bonds is 7. The summed E-state index contributed by atoms with van der Waals surface area (Å²) in [5.41, 5.74) is 0. The van der Waals surface area contributed by atoms with E-state index in [1.807, 2.05) is 0 Å². The number of ether oxygens (including phenoxy) is 1. The molecule has 0 rings (SSSR count). The van der Waals surface area contributed by atoms with Crippen molar-refractivity contribution in [2.75, 3.05) is 13.2 Å². The van der Waals surface area contributed by atoms with Crippen molar-refractivity contribution >= 4 is 11.9 Å². The lowest BCUT2D eigenvalue weighted by Gasteiger charge is -2.02. The molecule has 0 aliphatic heterocycles. The topological polar surface area (TPSA) is 83.8 Å². The number of hydrogen-bond donors (Lipinski definition) is 2. The van der Waals surface area contributed by atoms with Crippen LogP contribution < -0.4 is 0 Å². The van der Waals surface area contributed by atoms with Crippen LogP contribution in [-0.2, 0) is 14.3 Å². The first kappa shape index (κ1) is 19.5. The third kappa shape index (κ3) is 15.6. The molecule has 5 heteroatoms. The van der Waals surface area contributed by atoms with Gasteiger partial charge in [-0.25, -0.2) is 0 Å². The summed E-state index contributed by atoms with van der Waals surface area (Å²) in [6, 6.07) is 0. The second-order valence-corrected chi connectivity index (χ2v) is 2.54. The second kappa shape index (κ2) is 12.9. The van der Waals surface area contributed by atoms with Gasteiger partial charge in [-0.3, -0.25) is 9.59 Å². The van der Waals surface area contributed by atoms with Gasteiger partial charge in [-0.15, -0.1) is 0 Å². The summed E-state index contributed by atoms with van der Waals surface area (Å²) in [5.74, 6) is -1.51. The van der Waals surface area contributed by atoms with Crippen LogP contribution in [-0.4, -0.2) is 35.4 Å². The summed E-state index contributed by atoms with van der Waals surface area (Å²) in [7, 11) is 0. The summed E-state index contributed by atoms with van der Waals surface area (Å²) in [6.45, 7) is 0.325. The van der Waals surface area contributed by atoms with Crippen LogP contribution in [0.2, 0.25) is 0 Å². The number of carboxylic acid groups (broad SMARTS) is 1. The molecular formula is C10H22O5. The number of carbonyl (C=O) groups excluding carboxylic acids is 1. The first-order valence-corrected chi connectivity index (χ1v) is 4.15. The number of esters is 1. The average Bonchev–Trinajstić information content (AvgIpc) is 2.09. The van der Waals surface area contributed by atoms with Crippen molar-refractivity contribution in [1.29, 1.82) is 0 Å². The molecule has 0 bridgehead atoms. The van der Waals surface area contributed by atoms with Crippen molar-refractivity contribution < 1.29 is 24.5 Å². The second-order valence-electron chi connectivity index (χ2n) is 2.54. The number of aliphatic carboxylic acids is 1. The molecule has 92 valence electrons. The molecule has 0 atom stereocenters. The minimum Gasteiger partial charge on any atom is -0.481 e. The third-order valence-corrected chi connectivity index (χ3v) is 1.36. The average molecular weight is 222 g/mol. The van der Waals surface area contributed by atoms with Crippen LogP contribution in [0.15, 0.2) is 0 Å². The van der Waals surface area contributed by atoms with E-state index >= 15 is 0 Å². The molecule has 0 unspecified atom stereocenters. The first-order valence-electron chi connectivity index (χ1n) is 4.15. The highest BCUT2D eigenvalue weighted by atomic mass is 16.5. The lowest BCUT2D eigenvalue weighted by atomic mass is 10.3. The quantitative estimate of drug-likeness (QED) is 0.503. The van der Waals surface area contributed by atoms with E-state index in [0.717, 1.165) is 0 Å². The molecule has 0 saturated carbocycles. The van der Waals surface area contributed by atoms with Gasteiger partial charge >= 0.3 is 11.9 Å². The van der Waals surface area contributed by atoms with Crippen molar-refractivity contribution in [3.05, 3.63) is 0 Å². The fourth-order valence-electron chi connectivity index (χ4n) is 0.681. The molecular weight excluding hydrogens is 200 g/mol. The molecule has 0 amide bonds. The SMILES string of the molecule is C.C.O=C(O)CCC(=O)OCCCCO. The Morgan fingerprint density at radius 1 is 1.07 bits per heavy atom. The number of aliphatic hydroxyl groups is 1. The van der Waals surface area contributed by atoms with Crippen molar-refractivity contribution in [3.8, 4) is 0 Å². The molecule has 0 spiro atoms. The maximum atomic E-state index is 10.8. The zero-order valence-corrected chi connectivity index (χ0v) is 7.36. The maximum Gasteiger partial charge on any atom is 0.306 e. The van der Waals surface area contributed by atoms with Gasteiger partial charge < -0.3 is 14.9 Å². The predicted octanol–water partition coefficient (Wildman–Crippen LogP) is 1.44. The Hall–Kier alpha value is -1.10. The largest absolute Gasteiger partial charge is 0.481 e. The minimum atomic E-state index is -1.01. The molecule has 0 radical (unpaired) electrons. The van der Waals surface area contributed by atoms with E-state index in [9.17, 15) is 9.59 Å². The normalized spacial score (nSPS) is 8.33. The van der Waals surface area contributed by atoms with E-state index < -0.39 is 11.9 Å². The van der Waals surface area contributed by atoms with Gasteiger partial charge in [0.25, 0.3) is 0 Å². The summed E-state index contributed by atoms with van der Waals surface area (Å²) in [6.07, 6.45) is 0.912. The number of carbonyl (C=O) groups is 2. The number of hydrogen-bond acceptors (Lipinski definition) is 4. The van der Waals surface area contributed by atoms with Gasteiger partial charge in [-0.05, 0) is 12.8 Å². The van der Waals surface area contributed by atoms with Crippen LogP contribution in [0.1, 0.15) is 40.5 Å². The van der Waals surface area contributed by atoms with Gasteiger partial charge in [-0.1, -0.05) is 14.9 Å². The van der Waals surface area contributed by atoms with E-state index in [4.69, 9.17) is 10.2 Å².